The number of benzene rings is 4. The second kappa shape index (κ2) is 54.6. The molecule has 8 aromatic heterocycles. The van der Waals surface area contributed by atoms with Gasteiger partial charge < -0.3 is 101 Å². The molecule has 0 spiro atoms. The van der Waals surface area contributed by atoms with E-state index in [0.717, 1.165) is 69.8 Å². The van der Waals surface area contributed by atoms with Crippen LogP contribution in [0.25, 0.3) is 45.6 Å². The predicted octanol–water partition coefficient (Wildman–Crippen LogP) is 3.72. The molecule has 0 bridgehead atoms. The molecule has 12 rings (SSSR count). The molecule has 4 aromatic carbocycles. The van der Waals surface area contributed by atoms with Gasteiger partial charge in [-0.3, -0.25) is 39.9 Å². The standard InChI is InChI=1S/4C12H14O4.4C10H8N2.4Ni.4H2O/c4*1-12(2,3)9-5-7(10(13)14)4-8(6-9)11(15)16;4*1-3-7-11-9(5-1)10-6-2-4-8-12-10;;;;;;;;/h4*4-6H,1-3H3,(H,13,14)(H,15,16);4*1-8H;;;;;4*1H2/q;;;;;;;;4*+2;;;;/p-4. The molecule has 0 radical (unpaired) electrons. The smallest absolute Gasteiger partial charge is 0.545 e. The Morgan fingerprint density at radius 2 is 0.292 bits per heavy atom. The Bertz CT molecular complexity index is 4200. The zero-order valence-electron chi connectivity index (χ0n) is 67.1. The molecule has 0 aliphatic heterocycles. The number of carbonyl (C=O) groups excluding carboxylic acids is 8. The van der Waals surface area contributed by atoms with Gasteiger partial charge in [-0.15, -0.1) is 0 Å². The number of carboxylic acid groups (broad SMARTS) is 8. The van der Waals surface area contributed by atoms with Gasteiger partial charge in [0.15, 0.2) is 0 Å². The van der Waals surface area contributed by atoms with Crippen molar-refractivity contribution in [2.45, 2.75) is 105 Å². The van der Waals surface area contributed by atoms with E-state index >= 15 is 0 Å². The average Bonchev–Trinajstić information content (AvgIpc) is 0.830. The van der Waals surface area contributed by atoms with Crippen LogP contribution in [-0.2, 0) is 110 Å². The van der Waals surface area contributed by atoms with Crippen LogP contribution in [0.5, 0.6) is 0 Å². The average molecular weight is 1820 g/mol. The van der Waals surface area contributed by atoms with Crippen LogP contribution in [0.3, 0.4) is 0 Å². The number of hydrogen-bond donors (Lipinski definition) is 0. The molecule has 0 saturated heterocycles. The number of aromatic nitrogens is 8. The van der Waals surface area contributed by atoms with Crippen LogP contribution in [0, 0.1) is 0 Å². The number of hydrogen-bond acceptors (Lipinski definition) is 24. The number of pyridine rings is 8. The topological polar surface area (TPSA) is 556 Å². The second-order valence-electron chi connectivity index (χ2n) is 28.2. The molecular weight excluding hydrogens is 1720 g/mol. The predicted molar refractivity (Wildman–Crippen MR) is 425 cm³/mol. The summed E-state index contributed by atoms with van der Waals surface area (Å²) in [6, 6.07) is 61.9. The minimum Gasteiger partial charge on any atom is -0.545 e. The van der Waals surface area contributed by atoms with Crippen LogP contribution in [0.2, 0.25) is 0 Å². The fourth-order valence-corrected chi connectivity index (χ4v) is 9.30. The minimum absolute atomic E-state index is 0. The molecular formula is C88H92N8Ni4O20+4. The van der Waals surface area contributed by atoms with Gasteiger partial charge in [-0.25, -0.2) is 0 Å². The van der Waals surface area contributed by atoms with Gasteiger partial charge in [-0.1, -0.05) is 132 Å². The molecule has 0 amide bonds. The minimum atomic E-state index is -1.39. The number of carbonyl (C=O) groups is 8. The Morgan fingerprint density at radius 3 is 0.358 bits per heavy atom. The summed E-state index contributed by atoms with van der Waals surface area (Å²) < 4.78 is 0. The zero-order chi connectivity index (χ0) is 82.9. The van der Waals surface area contributed by atoms with Crippen molar-refractivity contribution in [2.24, 2.45) is 0 Å². The van der Waals surface area contributed by atoms with Crippen LogP contribution in [-0.4, -0.2) is 87.6 Å². The van der Waals surface area contributed by atoms with E-state index in [4.69, 9.17) is 0 Å². The van der Waals surface area contributed by atoms with E-state index in [1.54, 1.807) is 49.6 Å². The Morgan fingerprint density at radius 1 is 0.192 bits per heavy atom. The summed E-state index contributed by atoms with van der Waals surface area (Å²) in [5.41, 5.74) is 7.27. The first-order chi connectivity index (χ1) is 52.7. The second-order valence-corrected chi connectivity index (χ2v) is 28.2. The summed E-state index contributed by atoms with van der Waals surface area (Å²) in [5.74, 6) is -11.2. The Balaban J connectivity index is -0.000000636. The van der Waals surface area contributed by atoms with Crippen LogP contribution in [0.1, 0.15) is 188 Å². The maximum Gasteiger partial charge on any atom is 2.00 e. The SMILES string of the molecule is CC(C)(C)c1cc(C(=O)[O-])cc(C(=O)[O-])c1.CC(C)(C)c1cc(C(=O)[O-])cc(C(=O)[O-])c1.CC(C)(C)c1cc(C(=O)[O-])cc(C(=O)[O-])c1.CC(C)(C)c1cc(C(=O)[O-])cc(C(=O)[O-])c1.[Ni+2].[Ni+2].[Ni+2].[Ni+2].[OH3+].[OH3+].[OH3+].[OH3+].c1ccc(-c2ccccn2)nc1.c1ccc(-c2ccccn2)nc1.c1ccc(-c2ccccn2)nc1.c1ccc(-c2ccccn2)nc1. The summed E-state index contributed by atoms with van der Waals surface area (Å²) in [4.78, 5) is 119. The van der Waals surface area contributed by atoms with Crippen molar-refractivity contribution in [3.63, 3.8) is 0 Å². The summed E-state index contributed by atoms with van der Waals surface area (Å²) >= 11 is 0. The molecule has 12 aromatic rings. The Hall–Kier alpha value is -12.3. The quantitative estimate of drug-likeness (QED) is 0.124. The number of carboxylic acids is 8. The molecule has 32 heteroatoms. The molecule has 0 aliphatic rings. The maximum atomic E-state index is 10.7. The van der Waals surface area contributed by atoms with Crippen LogP contribution >= 0.6 is 0 Å². The van der Waals surface area contributed by atoms with Crippen molar-refractivity contribution in [1.29, 1.82) is 0 Å². The fraction of sp³-hybridized carbons (Fsp3) is 0.182. The molecule has 0 saturated carbocycles. The number of aromatic carboxylic acids is 8. The molecule has 0 fully saturated rings. The first kappa shape index (κ1) is 114. The zero-order valence-corrected chi connectivity index (χ0v) is 71.0. The van der Waals surface area contributed by atoms with Gasteiger partial charge in [-0.05, 0) is 258 Å². The van der Waals surface area contributed by atoms with E-state index in [2.05, 4.69) is 39.9 Å². The van der Waals surface area contributed by atoms with E-state index in [1.807, 2.05) is 229 Å². The molecule has 0 aliphatic carbocycles. The van der Waals surface area contributed by atoms with E-state index in [9.17, 15) is 79.2 Å². The Kier molecular flexibility index (Phi) is 51.9. The normalized spacial score (nSPS) is 9.83. The van der Waals surface area contributed by atoms with E-state index < -0.39 is 47.8 Å². The molecule has 640 valence electrons. The van der Waals surface area contributed by atoms with Crippen molar-refractivity contribution >= 4 is 47.8 Å². The third-order valence-corrected chi connectivity index (χ3v) is 15.5. The van der Waals surface area contributed by atoms with Gasteiger partial charge in [0.25, 0.3) is 0 Å². The molecule has 0 atom stereocenters. The van der Waals surface area contributed by atoms with Crippen LogP contribution < -0.4 is 40.9 Å². The number of nitrogens with zero attached hydrogens (tertiary/aromatic N) is 8. The van der Waals surface area contributed by atoms with E-state index in [1.165, 1.54) is 48.5 Å². The van der Waals surface area contributed by atoms with Crippen molar-refractivity contribution in [3.8, 4) is 45.6 Å². The first-order valence-corrected chi connectivity index (χ1v) is 34.4. The van der Waals surface area contributed by atoms with Crippen LogP contribution in [0.15, 0.2) is 268 Å². The third-order valence-electron chi connectivity index (χ3n) is 15.5. The molecule has 0 unspecified atom stereocenters. The summed E-state index contributed by atoms with van der Waals surface area (Å²) in [7, 11) is 0. The largest absolute Gasteiger partial charge is 2.00 e. The van der Waals surface area contributed by atoms with Crippen molar-refractivity contribution in [1.82, 2.24) is 39.9 Å². The van der Waals surface area contributed by atoms with Crippen molar-refractivity contribution < 1.29 is 167 Å². The summed E-state index contributed by atoms with van der Waals surface area (Å²) in [6.45, 7) is 22.3. The van der Waals surface area contributed by atoms with Gasteiger partial charge in [0.2, 0.25) is 0 Å². The molecule has 120 heavy (non-hydrogen) atoms. The molecule has 28 nitrogen and oxygen atoms in total. The van der Waals surface area contributed by atoms with E-state index in [-0.39, 0.29) is 154 Å². The van der Waals surface area contributed by atoms with Crippen molar-refractivity contribution in [2.75, 3.05) is 0 Å². The summed E-state index contributed by atoms with van der Waals surface area (Å²) in [5, 5.41) is 85.8. The van der Waals surface area contributed by atoms with Gasteiger partial charge in [0.1, 0.15) is 0 Å². The first-order valence-electron chi connectivity index (χ1n) is 34.4. The summed E-state index contributed by atoms with van der Waals surface area (Å²) in [6.07, 6.45) is 14.1. The van der Waals surface area contributed by atoms with Crippen LogP contribution in [0.4, 0.5) is 0 Å². The van der Waals surface area contributed by atoms with Gasteiger partial charge in [-0.2, -0.15) is 0 Å². The van der Waals surface area contributed by atoms with Gasteiger partial charge >= 0.3 is 66.0 Å². The number of rotatable bonds is 12. The maximum absolute atomic E-state index is 10.7. The van der Waals surface area contributed by atoms with Gasteiger partial charge in [0.05, 0.1) is 93.3 Å². The monoisotopic (exact) mass is 1810 g/mol. The van der Waals surface area contributed by atoms with Crippen molar-refractivity contribution in [3.05, 3.63) is 335 Å². The molecule has 12 N–H and O–H groups in total. The van der Waals surface area contributed by atoms with Gasteiger partial charge in [0, 0.05) is 49.6 Å². The Labute approximate surface area is 734 Å². The van der Waals surface area contributed by atoms with E-state index in [0.29, 0.717) is 22.3 Å². The third kappa shape index (κ3) is 39.3. The fourth-order valence-electron chi connectivity index (χ4n) is 9.30. The molecule has 8 heterocycles.